The first-order valence-electron chi connectivity index (χ1n) is 7.94. The predicted octanol–water partition coefficient (Wildman–Crippen LogP) is 1.38. The maximum atomic E-state index is 12.6. The van der Waals surface area contributed by atoms with Gasteiger partial charge in [-0.05, 0) is 44.9 Å². The Kier molecular flexibility index (Phi) is 3.09. The Balaban J connectivity index is 1.66. The van der Waals surface area contributed by atoms with E-state index in [1.54, 1.807) is 17.0 Å². The molecule has 2 unspecified atom stereocenters. The fourth-order valence-corrected chi connectivity index (χ4v) is 4.21. The van der Waals surface area contributed by atoms with Gasteiger partial charge in [0.15, 0.2) is 0 Å². The maximum absolute atomic E-state index is 12.6. The standard InChI is InChI=1S/C17H21N3O2/c1-19-12-6-7-13(19)9-17(22,8-12)10-20-11-18-15-5-3-2-4-14(15)16(20)21/h2-5,11-13,22H,6-10H2,1H3. The Bertz CT molecular complexity index is 756. The minimum atomic E-state index is -0.799. The molecule has 2 aliphatic heterocycles. The van der Waals surface area contributed by atoms with Gasteiger partial charge in [-0.25, -0.2) is 4.98 Å². The van der Waals surface area contributed by atoms with E-state index in [-0.39, 0.29) is 5.56 Å². The summed E-state index contributed by atoms with van der Waals surface area (Å²) in [5.74, 6) is 0. The van der Waals surface area contributed by atoms with Crippen LogP contribution in [0.1, 0.15) is 25.7 Å². The van der Waals surface area contributed by atoms with Gasteiger partial charge in [-0.1, -0.05) is 12.1 Å². The molecule has 0 saturated carbocycles. The van der Waals surface area contributed by atoms with Crippen LogP contribution in [0, 0.1) is 0 Å². The average Bonchev–Trinajstić information content (AvgIpc) is 2.73. The Morgan fingerprint density at radius 2 is 1.95 bits per heavy atom. The smallest absolute Gasteiger partial charge is 0.261 e. The van der Waals surface area contributed by atoms with E-state index in [4.69, 9.17) is 0 Å². The van der Waals surface area contributed by atoms with E-state index >= 15 is 0 Å². The Morgan fingerprint density at radius 3 is 2.68 bits per heavy atom. The van der Waals surface area contributed by atoms with Gasteiger partial charge < -0.3 is 10.0 Å². The third kappa shape index (κ3) is 2.16. The summed E-state index contributed by atoms with van der Waals surface area (Å²) in [5, 5.41) is 11.6. The summed E-state index contributed by atoms with van der Waals surface area (Å²) in [6.07, 6.45) is 5.34. The number of hydrogen-bond acceptors (Lipinski definition) is 4. The summed E-state index contributed by atoms with van der Waals surface area (Å²) < 4.78 is 1.58. The summed E-state index contributed by atoms with van der Waals surface area (Å²) >= 11 is 0. The van der Waals surface area contributed by atoms with Crippen molar-refractivity contribution in [1.82, 2.24) is 14.5 Å². The number of aliphatic hydroxyl groups is 1. The van der Waals surface area contributed by atoms with Gasteiger partial charge in [-0.15, -0.1) is 0 Å². The molecule has 0 amide bonds. The van der Waals surface area contributed by atoms with Crippen LogP contribution in [0.25, 0.3) is 10.9 Å². The van der Waals surface area contributed by atoms with Crippen LogP contribution >= 0.6 is 0 Å². The second-order valence-electron chi connectivity index (χ2n) is 6.88. The number of para-hydroxylation sites is 1. The van der Waals surface area contributed by atoms with Crippen molar-refractivity contribution in [2.45, 2.75) is 49.9 Å². The Morgan fingerprint density at radius 1 is 1.27 bits per heavy atom. The summed E-state index contributed by atoms with van der Waals surface area (Å²) in [6.45, 7) is 0.338. The lowest BCUT2D eigenvalue weighted by molar-refractivity contribution is -0.0564. The monoisotopic (exact) mass is 299 g/mol. The molecule has 0 aliphatic carbocycles. The van der Waals surface area contributed by atoms with Crippen LogP contribution in [0.15, 0.2) is 35.4 Å². The lowest BCUT2D eigenvalue weighted by Gasteiger charge is -2.42. The largest absolute Gasteiger partial charge is 0.388 e. The Labute approximate surface area is 129 Å². The molecule has 1 aromatic heterocycles. The third-order valence-electron chi connectivity index (χ3n) is 5.41. The second-order valence-corrected chi connectivity index (χ2v) is 6.88. The molecular formula is C17H21N3O2. The van der Waals surface area contributed by atoms with Gasteiger partial charge in [0, 0.05) is 12.1 Å². The van der Waals surface area contributed by atoms with Gasteiger partial charge in [0.25, 0.3) is 5.56 Å². The minimum absolute atomic E-state index is 0.0645. The fraction of sp³-hybridized carbons (Fsp3) is 0.529. The molecule has 2 atom stereocenters. The quantitative estimate of drug-likeness (QED) is 0.910. The molecule has 2 bridgehead atoms. The van der Waals surface area contributed by atoms with Gasteiger partial charge in [0.2, 0.25) is 0 Å². The van der Waals surface area contributed by atoms with Crippen molar-refractivity contribution in [3.05, 3.63) is 40.9 Å². The highest BCUT2D eigenvalue weighted by Gasteiger charge is 2.46. The van der Waals surface area contributed by atoms with Gasteiger partial charge in [-0.2, -0.15) is 0 Å². The van der Waals surface area contributed by atoms with Crippen LogP contribution in [0.3, 0.4) is 0 Å². The molecule has 2 aliphatic rings. The van der Waals surface area contributed by atoms with Crippen molar-refractivity contribution in [1.29, 1.82) is 0 Å². The summed E-state index contributed by atoms with van der Waals surface area (Å²) in [5.41, 5.74) is -0.156. The molecule has 2 fully saturated rings. The number of piperidine rings is 1. The van der Waals surface area contributed by atoms with Gasteiger partial charge in [0.1, 0.15) is 0 Å². The van der Waals surface area contributed by atoms with E-state index in [0.717, 1.165) is 25.7 Å². The Hall–Kier alpha value is -1.72. The minimum Gasteiger partial charge on any atom is -0.388 e. The van der Waals surface area contributed by atoms with E-state index in [1.165, 1.54) is 0 Å². The fourth-order valence-electron chi connectivity index (χ4n) is 4.21. The van der Waals surface area contributed by atoms with Crippen molar-refractivity contribution in [3.63, 3.8) is 0 Å². The third-order valence-corrected chi connectivity index (χ3v) is 5.41. The molecule has 0 radical (unpaired) electrons. The molecule has 5 nitrogen and oxygen atoms in total. The summed E-state index contributed by atoms with van der Waals surface area (Å²) in [6, 6.07) is 8.23. The molecule has 3 heterocycles. The molecule has 1 aromatic carbocycles. The van der Waals surface area contributed by atoms with E-state index < -0.39 is 5.60 Å². The van der Waals surface area contributed by atoms with Crippen molar-refractivity contribution in [3.8, 4) is 0 Å². The number of nitrogens with zero attached hydrogens (tertiary/aromatic N) is 3. The number of hydrogen-bond donors (Lipinski definition) is 1. The first kappa shape index (κ1) is 13.9. The maximum Gasteiger partial charge on any atom is 0.261 e. The highest BCUT2D eigenvalue weighted by molar-refractivity contribution is 5.76. The van der Waals surface area contributed by atoms with Crippen molar-refractivity contribution >= 4 is 10.9 Å². The lowest BCUT2D eigenvalue weighted by atomic mass is 9.86. The highest BCUT2D eigenvalue weighted by Crippen LogP contribution is 2.40. The summed E-state index contributed by atoms with van der Waals surface area (Å²) in [7, 11) is 2.14. The first-order valence-corrected chi connectivity index (χ1v) is 7.94. The van der Waals surface area contributed by atoms with Crippen molar-refractivity contribution in [2.24, 2.45) is 0 Å². The number of aromatic nitrogens is 2. The van der Waals surface area contributed by atoms with Gasteiger partial charge >= 0.3 is 0 Å². The van der Waals surface area contributed by atoms with Crippen molar-refractivity contribution < 1.29 is 5.11 Å². The zero-order valence-corrected chi connectivity index (χ0v) is 12.8. The van der Waals surface area contributed by atoms with E-state index in [0.29, 0.717) is 29.5 Å². The van der Waals surface area contributed by atoms with Crippen LogP contribution in [0.4, 0.5) is 0 Å². The highest BCUT2D eigenvalue weighted by atomic mass is 16.3. The number of fused-ring (bicyclic) bond motifs is 3. The normalized spacial score (nSPS) is 31.7. The predicted molar refractivity (Wildman–Crippen MR) is 84.8 cm³/mol. The number of benzene rings is 1. The summed E-state index contributed by atoms with van der Waals surface area (Å²) in [4.78, 5) is 19.3. The molecule has 1 N–H and O–H groups in total. The van der Waals surface area contributed by atoms with E-state index in [2.05, 4.69) is 16.9 Å². The zero-order chi connectivity index (χ0) is 15.3. The van der Waals surface area contributed by atoms with Crippen LogP contribution < -0.4 is 5.56 Å². The topological polar surface area (TPSA) is 58.4 Å². The number of rotatable bonds is 2. The molecular weight excluding hydrogens is 278 g/mol. The molecule has 2 saturated heterocycles. The zero-order valence-electron chi connectivity index (χ0n) is 12.8. The average molecular weight is 299 g/mol. The first-order chi connectivity index (χ1) is 10.6. The van der Waals surface area contributed by atoms with Crippen LogP contribution in [-0.2, 0) is 6.54 Å². The van der Waals surface area contributed by atoms with Gasteiger partial charge in [-0.3, -0.25) is 9.36 Å². The van der Waals surface area contributed by atoms with Crippen LogP contribution in [-0.4, -0.2) is 44.3 Å². The second kappa shape index (κ2) is 4.89. The molecule has 116 valence electrons. The van der Waals surface area contributed by atoms with E-state index in [9.17, 15) is 9.90 Å². The molecule has 2 aromatic rings. The molecule has 4 rings (SSSR count). The van der Waals surface area contributed by atoms with E-state index in [1.807, 2.05) is 18.2 Å². The van der Waals surface area contributed by atoms with Crippen LogP contribution in [0.5, 0.6) is 0 Å². The SMILES string of the molecule is CN1C2CCC1CC(O)(Cn1cnc3ccccc3c1=O)C2. The van der Waals surface area contributed by atoms with Crippen molar-refractivity contribution in [2.75, 3.05) is 7.05 Å². The molecule has 0 spiro atoms. The van der Waals surface area contributed by atoms with Crippen LogP contribution in [0.2, 0.25) is 0 Å². The van der Waals surface area contributed by atoms with Gasteiger partial charge in [0.05, 0.1) is 29.4 Å². The lowest BCUT2D eigenvalue weighted by Crippen LogP contribution is -2.52. The molecule has 5 heteroatoms. The molecule has 22 heavy (non-hydrogen) atoms.